The summed E-state index contributed by atoms with van der Waals surface area (Å²) in [6.07, 6.45) is 2.19. The Morgan fingerprint density at radius 3 is 2.45 bits per heavy atom. The van der Waals surface area contributed by atoms with Crippen LogP contribution in [0, 0.1) is 0 Å². The van der Waals surface area contributed by atoms with Gasteiger partial charge in [0.2, 0.25) is 0 Å². The summed E-state index contributed by atoms with van der Waals surface area (Å²) in [5.41, 5.74) is 0.871. The Bertz CT molecular complexity index is 671. The van der Waals surface area contributed by atoms with Crippen molar-refractivity contribution in [2.24, 2.45) is 0 Å². The summed E-state index contributed by atoms with van der Waals surface area (Å²) in [6, 6.07) is 12.3. The van der Waals surface area contributed by atoms with Crippen LogP contribution in [0.25, 0.3) is 0 Å². The van der Waals surface area contributed by atoms with Crippen molar-refractivity contribution in [2.75, 3.05) is 5.75 Å². The zero-order valence-corrected chi connectivity index (χ0v) is 12.7. The van der Waals surface area contributed by atoms with Crippen LogP contribution in [-0.2, 0) is 9.84 Å². The summed E-state index contributed by atoms with van der Waals surface area (Å²) in [5.74, 6) is -0.111. The lowest BCUT2D eigenvalue weighted by Crippen LogP contribution is -2.16. The lowest BCUT2D eigenvalue weighted by atomic mass is 9.99. The monoisotopic (exact) mass is 309 g/mol. The van der Waals surface area contributed by atoms with Gasteiger partial charge < -0.3 is 0 Å². The second kappa shape index (κ2) is 6.37. The number of hydrogen-bond donors (Lipinski definition) is 0. The second-order valence-electron chi connectivity index (χ2n) is 4.58. The molecule has 106 valence electrons. The molecule has 1 heterocycles. The Morgan fingerprint density at radius 2 is 1.85 bits per heavy atom. The van der Waals surface area contributed by atoms with Crippen LogP contribution >= 0.6 is 11.6 Å². The van der Waals surface area contributed by atoms with Gasteiger partial charge in [0.05, 0.1) is 5.75 Å². The molecule has 2 aromatic rings. The fraction of sp³-hybridized carbons (Fsp3) is 0.267. The highest BCUT2D eigenvalue weighted by Crippen LogP contribution is 2.29. The first-order valence-corrected chi connectivity index (χ1v) is 8.46. The van der Waals surface area contributed by atoms with Crippen molar-refractivity contribution in [1.29, 1.82) is 0 Å². The lowest BCUT2D eigenvalue weighted by Gasteiger charge is -2.16. The van der Waals surface area contributed by atoms with Crippen LogP contribution in [0.1, 0.15) is 24.8 Å². The van der Waals surface area contributed by atoms with Gasteiger partial charge in [0.15, 0.2) is 14.9 Å². The summed E-state index contributed by atoms with van der Waals surface area (Å²) in [7, 11) is -3.41. The number of sulfone groups is 1. The van der Waals surface area contributed by atoms with Crippen LogP contribution in [-0.4, -0.2) is 19.2 Å². The minimum Gasteiger partial charge on any atom is -0.245 e. The van der Waals surface area contributed by atoms with Gasteiger partial charge in [-0.25, -0.2) is 13.4 Å². The number of benzene rings is 1. The Labute approximate surface area is 124 Å². The molecule has 0 radical (unpaired) electrons. The summed E-state index contributed by atoms with van der Waals surface area (Å²) in [6.45, 7) is 1.96. The smallest absolute Gasteiger partial charge is 0.196 e. The van der Waals surface area contributed by atoms with Gasteiger partial charge in [-0.2, -0.15) is 0 Å². The molecular weight excluding hydrogens is 294 g/mol. The Kier molecular flexibility index (Phi) is 4.78. The van der Waals surface area contributed by atoms with Gasteiger partial charge in [-0.15, -0.1) is 0 Å². The molecule has 1 aromatic carbocycles. The summed E-state index contributed by atoms with van der Waals surface area (Å²) < 4.78 is 24.8. The van der Waals surface area contributed by atoms with E-state index < -0.39 is 9.84 Å². The maximum Gasteiger partial charge on any atom is 0.196 e. The lowest BCUT2D eigenvalue weighted by molar-refractivity contribution is 0.581. The molecule has 20 heavy (non-hydrogen) atoms. The van der Waals surface area contributed by atoms with E-state index in [1.807, 2.05) is 25.1 Å². The summed E-state index contributed by atoms with van der Waals surface area (Å²) >= 11 is 6.16. The van der Waals surface area contributed by atoms with E-state index in [2.05, 4.69) is 4.98 Å². The highest BCUT2D eigenvalue weighted by atomic mass is 35.5. The third-order valence-electron chi connectivity index (χ3n) is 3.21. The SMILES string of the molecule is CCC(CS(=O)(=O)c1ccccn1)c1ccccc1Cl. The average molecular weight is 310 g/mol. The normalized spacial score (nSPS) is 13.1. The number of aromatic nitrogens is 1. The average Bonchev–Trinajstić information content (AvgIpc) is 2.46. The Morgan fingerprint density at radius 1 is 1.15 bits per heavy atom. The number of pyridine rings is 1. The molecule has 2 rings (SSSR count). The predicted molar refractivity (Wildman–Crippen MR) is 80.8 cm³/mol. The first kappa shape index (κ1) is 15.0. The van der Waals surface area contributed by atoms with Crippen molar-refractivity contribution < 1.29 is 8.42 Å². The molecule has 1 atom stereocenters. The Hall–Kier alpha value is -1.39. The molecule has 5 heteroatoms. The van der Waals surface area contributed by atoms with E-state index >= 15 is 0 Å². The standard InChI is InChI=1S/C15H16ClNO2S/c1-2-12(13-7-3-4-8-14(13)16)11-20(18,19)15-9-5-6-10-17-15/h3-10,12H,2,11H2,1H3. The van der Waals surface area contributed by atoms with Crippen molar-refractivity contribution in [3.05, 3.63) is 59.2 Å². The Balaban J connectivity index is 2.30. The third kappa shape index (κ3) is 3.38. The molecule has 0 saturated heterocycles. The first-order valence-electron chi connectivity index (χ1n) is 6.43. The van der Waals surface area contributed by atoms with Crippen LogP contribution in [0.2, 0.25) is 5.02 Å². The largest absolute Gasteiger partial charge is 0.245 e. The van der Waals surface area contributed by atoms with Gasteiger partial charge >= 0.3 is 0 Å². The van der Waals surface area contributed by atoms with E-state index in [9.17, 15) is 8.42 Å². The van der Waals surface area contributed by atoms with Gasteiger partial charge in [0.1, 0.15) is 0 Å². The van der Waals surface area contributed by atoms with Gasteiger partial charge in [-0.3, -0.25) is 0 Å². The predicted octanol–water partition coefficient (Wildman–Crippen LogP) is 3.70. The summed E-state index contributed by atoms with van der Waals surface area (Å²) in [5, 5.41) is 0.723. The van der Waals surface area contributed by atoms with Crippen LogP contribution in [0.5, 0.6) is 0 Å². The van der Waals surface area contributed by atoms with Crippen molar-refractivity contribution in [2.45, 2.75) is 24.3 Å². The van der Waals surface area contributed by atoms with Gasteiger partial charge in [-0.1, -0.05) is 42.8 Å². The highest BCUT2D eigenvalue weighted by Gasteiger charge is 2.23. The van der Waals surface area contributed by atoms with E-state index in [1.54, 1.807) is 18.2 Å². The molecule has 1 unspecified atom stereocenters. The maximum atomic E-state index is 12.4. The minimum atomic E-state index is -3.41. The molecule has 3 nitrogen and oxygen atoms in total. The molecule has 0 bridgehead atoms. The molecule has 0 saturated carbocycles. The molecule has 0 fully saturated rings. The number of nitrogens with zero attached hydrogens (tertiary/aromatic N) is 1. The zero-order valence-electron chi connectivity index (χ0n) is 11.2. The molecule has 0 amide bonds. The van der Waals surface area contributed by atoms with E-state index in [-0.39, 0.29) is 16.7 Å². The van der Waals surface area contributed by atoms with Crippen LogP contribution in [0.15, 0.2) is 53.7 Å². The van der Waals surface area contributed by atoms with Gasteiger partial charge in [-0.05, 0) is 36.1 Å². The van der Waals surface area contributed by atoms with Crippen molar-refractivity contribution in [1.82, 2.24) is 4.98 Å². The molecule has 0 aliphatic rings. The van der Waals surface area contributed by atoms with E-state index in [4.69, 9.17) is 11.6 Å². The molecule has 0 aliphatic carbocycles. The topological polar surface area (TPSA) is 47.0 Å². The van der Waals surface area contributed by atoms with Crippen LogP contribution < -0.4 is 0 Å². The van der Waals surface area contributed by atoms with Gasteiger partial charge in [0, 0.05) is 11.2 Å². The van der Waals surface area contributed by atoms with Gasteiger partial charge in [0.25, 0.3) is 0 Å². The zero-order chi connectivity index (χ0) is 14.6. The maximum absolute atomic E-state index is 12.4. The molecule has 0 aliphatic heterocycles. The summed E-state index contributed by atoms with van der Waals surface area (Å²) in [4.78, 5) is 3.93. The van der Waals surface area contributed by atoms with Crippen molar-refractivity contribution >= 4 is 21.4 Å². The quantitative estimate of drug-likeness (QED) is 0.846. The van der Waals surface area contributed by atoms with Crippen molar-refractivity contribution in [3.63, 3.8) is 0 Å². The number of rotatable bonds is 5. The molecule has 0 spiro atoms. The number of hydrogen-bond acceptors (Lipinski definition) is 3. The van der Waals surface area contributed by atoms with E-state index in [0.717, 1.165) is 5.56 Å². The van der Waals surface area contributed by atoms with Crippen LogP contribution in [0.3, 0.4) is 0 Å². The molecular formula is C15H16ClNO2S. The van der Waals surface area contributed by atoms with E-state index in [1.165, 1.54) is 12.3 Å². The minimum absolute atomic E-state index is 0.0181. The molecule has 1 aromatic heterocycles. The van der Waals surface area contributed by atoms with Crippen LogP contribution in [0.4, 0.5) is 0 Å². The third-order valence-corrected chi connectivity index (χ3v) is 5.28. The second-order valence-corrected chi connectivity index (χ2v) is 6.96. The fourth-order valence-corrected chi connectivity index (χ4v) is 4.03. The highest BCUT2D eigenvalue weighted by molar-refractivity contribution is 7.91. The van der Waals surface area contributed by atoms with Crippen molar-refractivity contribution in [3.8, 4) is 0 Å². The number of halogens is 1. The molecule has 0 N–H and O–H groups in total. The first-order chi connectivity index (χ1) is 9.54. The van der Waals surface area contributed by atoms with E-state index in [0.29, 0.717) is 11.4 Å². The fourth-order valence-electron chi connectivity index (χ4n) is 2.12.